The lowest BCUT2D eigenvalue weighted by molar-refractivity contribution is -0.659. The zero-order valence-electron chi connectivity index (χ0n) is 7.09. The Bertz CT molecular complexity index is 194. The summed E-state index contributed by atoms with van der Waals surface area (Å²) < 4.78 is 0. The van der Waals surface area contributed by atoms with Crippen LogP contribution < -0.4 is 16.6 Å². The molecule has 0 saturated heterocycles. The molecule has 5 N–H and O–H groups in total. The minimum Gasteiger partial charge on any atom is -0.353 e. The molecular formula is C8H16N3+. The maximum Gasteiger partial charge on any atom is 0.220 e. The van der Waals surface area contributed by atoms with E-state index in [4.69, 9.17) is 5.73 Å². The molecule has 0 aromatic carbocycles. The van der Waals surface area contributed by atoms with E-state index in [0.29, 0.717) is 5.92 Å². The number of quaternary nitrogens is 1. The number of nitrogens with two attached hydrogens (primary N) is 2. The van der Waals surface area contributed by atoms with E-state index in [9.17, 15) is 0 Å². The zero-order chi connectivity index (χ0) is 8.27. The number of allylic oxidation sites excluding steroid dienone is 2. The lowest BCUT2D eigenvalue weighted by atomic mass is 9.99. The Balaban J connectivity index is 2.65. The van der Waals surface area contributed by atoms with Gasteiger partial charge in [0.15, 0.2) is 0 Å². The highest BCUT2D eigenvalue weighted by Gasteiger charge is 2.09. The van der Waals surface area contributed by atoms with Crippen LogP contribution in [-0.4, -0.2) is 0 Å². The predicted octanol–water partition coefficient (Wildman–Crippen LogP) is -0.202. The molecule has 0 spiro atoms. The first-order valence-corrected chi connectivity index (χ1v) is 4.00. The molecule has 0 aliphatic carbocycles. The topological polar surface area (TPSA) is 54.7 Å². The van der Waals surface area contributed by atoms with E-state index in [1.807, 2.05) is 12.3 Å². The molecule has 1 rings (SSSR count). The normalized spacial score (nSPS) is 19.8. The number of hydrogen-bond donors (Lipinski definition) is 3. The zero-order valence-corrected chi connectivity index (χ0v) is 7.09. The summed E-state index contributed by atoms with van der Waals surface area (Å²) in [5.41, 5.74) is 11.7. The van der Waals surface area contributed by atoms with Crippen LogP contribution in [0.2, 0.25) is 0 Å². The van der Waals surface area contributed by atoms with Crippen LogP contribution in [0.15, 0.2) is 23.7 Å². The lowest BCUT2D eigenvalue weighted by Gasteiger charge is -2.14. The molecule has 11 heavy (non-hydrogen) atoms. The van der Waals surface area contributed by atoms with E-state index in [2.05, 4.69) is 19.3 Å². The summed E-state index contributed by atoms with van der Waals surface area (Å²) in [6, 6.07) is 0. The largest absolute Gasteiger partial charge is 0.353 e. The molecule has 1 atom stereocenters. The van der Waals surface area contributed by atoms with E-state index in [0.717, 1.165) is 12.2 Å². The van der Waals surface area contributed by atoms with Gasteiger partial charge in [0.1, 0.15) is 0 Å². The van der Waals surface area contributed by atoms with Gasteiger partial charge in [-0.2, -0.15) is 0 Å². The Morgan fingerprint density at radius 1 is 1.73 bits per heavy atom. The molecule has 3 nitrogen and oxygen atoms in total. The highest BCUT2D eigenvalue weighted by Crippen LogP contribution is 2.15. The van der Waals surface area contributed by atoms with Crippen LogP contribution in [0.25, 0.3) is 0 Å². The molecule has 0 saturated carbocycles. The van der Waals surface area contributed by atoms with Gasteiger partial charge < -0.3 is 5.73 Å². The third-order valence-electron chi connectivity index (χ3n) is 2.01. The Morgan fingerprint density at radius 2 is 2.45 bits per heavy atom. The smallest absolute Gasteiger partial charge is 0.220 e. The van der Waals surface area contributed by atoms with Crippen molar-refractivity contribution in [2.24, 2.45) is 11.7 Å². The number of nitrogens with one attached hydrogen (secondary N) is 1. The van der Waals surface area contributed by atoms with E-state index in [1.165, 1.54) is 5.57 Å². The monoisotopic (exact) mass is 154 g/mol. The van der Waals surface area contributed by atoms with Crippen molar-refractivity contribution in [3.63, 3.8) is 0 Å². The molecule has 3 heteroatoms. The highest BCUT2D eigenvalue weighted by atomic mass is 15.4. The summed E-state index contributed by atoms with van der Waals surface area (Å²) >= 11 is 0. The minimum absolute atomic E-state index is 0.592. The second-order valence-electron chi connectivity index (χ2n) is 2.91. The molecular weight excluding hydrogens is 138 g/mol. The van der Waals surface area contributed by atoms with Gasteiger partial charge in [-0.05, 0) is 17.9 Å². The van der Waals surface area contributed by atoms with Crippen LogP contribution in [-0.2, 0) is 0 Å². The highest BCUT2D eigenvalue weighted by molar-refractivity contribution is 5.22. The number of rotatable bonds is 2. The van der Waals surface area contributed by atoms with Crippen LogP contribution in [0, 0.1) is 5.92 Å². The van der Waals surface area contributed by atoms with Crippen LogP contribution in [0.5, 0.6) is 0 Å². The fraction of sp³-hybridized carbons (Fsp3) is 0.500. The summed E-state index contributed by atoms with van der Waals surface area (Å²) in [6.45, 7) is 4.37. The first kappa shape index (κ1) is 8.14. The van der Waals surface area contributed by atoms with Gasteiger partial charge in [0.2, 0.25) is 5.82 Å². The minimum atomic E-state index is 0.592. The molecule has 0 aromatic heterocycles. The predicted molar refractivity (Wildman–Crippen MR) is 44.9 cm³/mol. The average Bonchev–Trinajstić information content (AvgIpc) is 2.03. The fourth-order valence-electron chi connectivity index (χ4n) is 1.03. The third kappa shape index (κ3) is 1.98. The molecule has 62 valence electrons. The molecule has 1 unspecified atom stereocenters. The quantitative estimate of drug-likeness (QED) is 0.482. The summed E-state index contributed by atoms with van der Waals surface area (Å²) in [6.07, 6.45) is 5.17. The van der Waals surface area contributed by atoms with Crippen molar-refractivity contribution in [3.8, 4) is 0 Å². The first-order chi connectivity index (χ1) is 5.24. The van der Waals surface area contributed by atoms with Crippen molar-refractivity contribution in [2.75, 3.05) is 0 Å². The molecule has 0 bridgehead atoms. The lowest BCUT2D eigenvalue weighted by Crippen LogP contribution is -2.92. The summed E-state index contributed by atoms with van der Waals surface area (Å²) in [5, 5.41) is 0. The van der Waals surface area contributed by atoms with Crippen LogP contribution in [0.4, 0.5) is 0 Å². The average molecular weight is 154 g/mol. The molecule has 1 aliphatic rings. The fourth-order valence-corrected chi connectivity index (χ4v) is 1.03. The van der Waals surface area contributed by atoms with Gasteiger partial charge in [0.05, 0.1) is 6.20 Å². The van der Waals surface area contributed by atoms with E-state index >= 15 is 0 Å². The van der Waals surface area contributed by atoms with Crippen LogP contribution in [0.3, 0.4) is 0 Å². The summed E-state index contributed by atoms with van der Waals surface area (Å²) in [5.74, 6) is 1.40. The molecule has 0 radical (unpaired) electrons. The Labute approximate surface area is 67.3 Å². The van der Waals surface area contributed by atoms with Gasteiger partial charge in [-0.15, -0.1) is 0 Å². The van der Waals surface area contributed by atoms with Crippen molar-refractivity contribution < 1.29 is 5.43 Å². The number of hydrogen-bond acceptors (Lipinski definition) is 2. The second kappa shape index (κ2) is 3.44. The van der Waals surface area contributed by atoms with Crippen LogP contribution >= 0.6 is 0 Å². The van der Waals surface area contributed by atoms with Gasteiger partial charge in [-0.1, -0.05) is 13.8 Å². The van der Waals surface area contributed by atoms with Gasteiger partial charge in [-0.25, -0.2) is 10.9 Å². The molecule has 0 amide bonds. The molecule has 1 aliphatic heterocycles. The van der Waals surface area contributed by atoms with Gasteiger partial charge >= 0.3 is 0 Å². The van der Waals surface area contributed by atoms with Crippen molar-refractivity contribution in [3.05, 3.63) is 23.7 Å². The maximum absolute atomic E-state index is 5.62. The van der Waals surface area contributed by atoms with Crippen molar-refractivity contribution >= 4 is 0 Å². The first-order valence-electron chi connectivity index (χ1n) is 4.00. The Hall–Kier alpha value is -0.960. The van der Waals surface area contributed by atoms with Gasteiger partial charge in [0, 0.05) is 6.08 Å². The van der Waals surface area contributed by atoms with Crippen LogP contribution in [0.1, 0.15) is 20.3 Å². The SMILES string of the molecule is CCC(C)C1=CN[NH2+]C(N)=C1. The van der Waals surface area contributed by atoms with Crippen molar-refractivity contribution in [2.45, 2.75) is 20.3 Å². The van der Waals surface area contributed by atoms with E-state index < -0.39 is 0 Å². The Morgan fingerprint density at radius 3 is 3.00 bits per heavy atom. The second-order valence-corrected chi connectivity index (χ2v) is 2.91. The van der Waals surface area contributed by atoms with Gasteiger partial charge in [0.25, 0.3) is 0 Å². The van der Waals surface area contributed by atoms with Gasteiger partial charge in [-0.3, -0.25) is 0 Å². The van der Waals surface area contributed by atoms with Crippen molar-refractivity contribution in [1.29, 1.82) is 0 Å². The molecule has 0 fully saturated rings. The molecule has 1 heterocycles. The Kier molecular flexibility index (Phi) is 2.54. The standard InChI is InChI=1S/C8H15N3/c1-3-6(2)7-4-8(9)11-10-5-7/h4-6,10-11H,3,9H2,1-2H3/p+1. The van der Waals surface area contributed by atoms with Crippen molar-refractivity contribution in [1.82, 2.24) is 5.43 Å². The molecule has 0 aromatic rings. The summed E-state index contributed by atoms with van der Waals surface area (Å²) in [7, 11) is 0. The third-order valence-corrected chi connectivity index (χ3v) is 2.01. The van der Waals surface area contributed by atoms with E-state index in [1.54, 1.807) is 5.43 Å². The summed E-state index contributed by atoms with van der Waals surface area (Å²) in [4.78, 5) is 0. The maximum atomic E-state index is 5.62. The van der Waals surface area contributed by atoms with E-state index in [-0.39, 0.29) is 0 Å².